The van der Waals surface area contributed by atoms with Gasteiger partial charge in [-0.1, -0.05) is 152 Å². The van der Waals surface area contributed by atoms with Crippen LogP contribution in [0.5, 0.6) is 0 Å². The van der Waals surface area contributed by atoms with E-state index in [1.54, 1.807) is 0 Å². The first kappa shape index (κ1) is 32.7. The Labute approximate surface area is 330 Å². The van der Waals surface area contributed by atoms with Crippen LogP contribution in [0.15, 0.2) is 217 Å². The molecule has 11 rings (SSSR count). The molecule has 268 valence electrons. The van der Waals surface area contributed by atoms with Gasteiger partial charge in [0, 0.05) is 33.1 Å². The monoisotopic (exact) mass is 729 g/mol. The number of hydrogen-bond acceptors (Lipinski definition) is 3. The molecule has 4 nitrogen and oxygen atoms in total. The number of para-hydroxylation sites is 3. The van der Waals surface area contributed by atoms with Crippen molar-refractivity contribution in [2.24, 2.45) is 0 Å². The number of nitrogens with zero attached hydrogens (tertiary/aromatic N) is 3. The Morgan fingerprint density at radius 2 is 1.04 bits per heavy atom. The SMILES string of the molecule is c1ccc(-c2ccc(-c3nc4cccc(N(c5cccc(-c6ccccc6)c5)c5cc6ccccc6c6c5c5ccccc5n6-c5ccccc5)c4o3)cc2)cc1. The molecule has 0 bridgehead atoms. The fraction of sp³-hybridized carbons (Fsp3) is 0. The maximum Gasteiger partial charge on any atom is 0.227 e. The maximum atomic E-state index is 6.87. The highest BCUT2D eigenvalue weighted by molar-refractivity contribution is 6.25. The van der Waals surface area contributed by atoms with Crippen molar-refractivity contribution in [1.29, 1.82) is 0 Å². The van der Waals surface area contributed by atoms with Crippen LogP contribution in [-0.2, 0) is 0 Å². The lowest BCUT2D eigenvalue weighted by Crippen LogP contribution is -2.11. The molecule has 2 aromatic heterocycles. The maximum absolute atomic E-state index is 6.87. The van der Waals surface area contributed by atoms with Gasteiger partial charge in [-0.3, -0.25) is 0 Å². The Bertz CT molecular complexity index is 3220. The van der Waals surface area contributed by atoms with Gasteiger partial charge in [-0.15, -0.1) is 0 Å². The van der Waals surface area contributed by atoms with E-state index in [4.69, 9.17) is 9.40 Å². The zero-order chi connectivity index (χ0) is 37.7. The molecule has 0 fully saturated rings. The predicted octanol–water partition coefficient (Wildman–Crippen LogP) is 14.5. The third kappa shape index (κ3) is 5.58. The smallest absolute Gasteiger partial charge is 0.227 e. The lowest BCUT2D eigenvalue weighted by Gasteiger charge is -2.27. The zero-order valence-corrected chi connectivity index (χ0v) is 31.0. The molecule has 11 aromatic rings. The van der Waals surface area contributed by atoms with Gasteiger partial charge in [0.1, 0.15) is 5.52 Å². The zero-order valence-electron chi connectivity index (χ0n) is 31.0. The predicted molar refractivity (Wildman–Crippen MR) is 237 cm³/mol. The minimum absolute atomic E-state index is 0.583. The van der Waals surface area contributed by atoms with Crippen LogP contribution in [0.2, 0.25) is 0 Å². The fourth-order valence-corrected chi connectivity index (χ4v) is 8.37. The second-order valence-electron chi connectivity index (χ2n) is 14.4. The molecule has 0 aliphatic heterocycles. The lowest BCUT2D eigenvalue weighted by molar-refractivity contribution is 0.620. The van der Waals surface area contributed by atoms with Crippen molar-refractivity contribution >= 4 is 60.7 Å². The van der Waals surface area contributed by atoms with Crippen LogP contribution in [0.3, 0.4) is 0 Å². The van der Waals surface area contributed by atoms with E-state index in [0.29, 0.717) is 5.89 Å². The third-order valence-electron chi connectivity index (χ3n) is 11.0. The molecule has 9 aromatic carbocycles. The molecule has 57 heavy (non-hydrogen) atoms. The molecule has 0 saturated heterocycles. The van der Waals surface area contributed by atoms with Crippen molar-refractivity contribution < 1.29 is 4.42 Å². The summed E-state index contributed by atoms with van der Waals surface area (Å²) in [6.45, 7) is 0. The fourth-order valence-electron chi connectivity index (χ4n) is 8.37. The van der Waals surface area contributed by atoms with Gasteiger partial charge in [0.05, 0.1) is 22.4 Å². The van der Waals surface area contributed by atoms with Crippen LogP contribution >= 0.6 is 0 Å². The second-order valence-corrected chi connectivity index (χ2v) is 14.4. The van der Waals surface area contributed by atoms with Crippen molar-refractivity contribution in [1.82, 2.24) is 9.55 Å². The summed E-state index contributed by atoms with van der Waals surface area (Å²) in [5, 5.41) is 4.67. The molecule has 2 heterocycles. The van der Waals surface area contributed by atoms with E-state index in [9.17, 15) is 0 Å². The highest BCUT2D eigenvalue weighted by Crippen LogP contribution is 2.49. The molecule has 0 amide bonds. The van der Waals surface area contributed by atoms with E-state index < -0.39 is 0 Å². The normalized spacial score (nSPS) is 11.5. The molecule has 0 radical (unpaired) electrons. The van der Waals surface area contributed by atoms with Crippen LogP contribution in [0.1, 0.15) is 0 Å². The number of benzene rings is 9. The van der Waals surface area contributed by atoms with Crippen molar-refractivity contribution in [2.75, 3.05) is 4.90 Å². The van der Waals surface area contributed by atoms with Crippen molar-refractivity contribution in [2.45, 2.75) is 0 Å². The molecule has 4 heteroatoms. The third-order valence-corrected chi connectivity index (χ3v) is 11.0. The van der Waals surface area contributed by atoms with Gasteiger partial charge < -0.3 is 13.9 Å². The van der Waals surface area contributed by atoms with Crippen molar-refractivity contribution in [3.8, 4) is 39.4 Å². The summed E-state index contributed by atoms with van der Waals surface area (Å²) in [4.78, 5) is 7.46. The quantitative estimate of drug-likeness (QED) is 0.164. The van der Waals surface area contributed by atoms with Gasteiger partial charge in [0.15, 0.2) is 5.58 Å². The van der Waals surface area contributed by atoms with Crippen molar-refractivity contribution in [3.05, 3.63) is 212 Å². The summed E-state index contributed by atoms with van der Waals surface area (Å²) in [5.41, 5.74) is 13.4. The van der Waals surface area contributed by atoms with Gasteiger partial charge in [0.2, 0.25) is 5.89 Å². The Kier molecular flexibility index (Phi) is 7.78. The van der Waals surface area contributed by atoms with Gasteiger partial charge in [-0.05, 0) is 88.3 Å². The summed E-state index contributed by atoms with van der Waals surface area (Å²) < 4.78 is 9.29. The van der Waals surface area contributed by atoms with Crippen LogP contribution in [0.25, 0.3) is 83.1 Å². The molecule has 0 aliphatic rings. The first-order valence-corrected chi connectivity index (χ1v) is 19.3. The van der Waals surface area contributed by atoms with Gasteiger partial charge in [0.25, 0.3) is 0 Å². The van der Waals surface area contributed by atoms with Crippen LogP contribution in [0.4, 0.5) is 17.1 Å². The molecular weight excluding hydrogens is 695 g/mol. The Hall–Kier alpha value is -7.69. The van der Waals surface area contributed by atoms with Gasteiger partial charge in [-0.25, -0.2) is 4.98 Å². The minimum Gasteiger partial charge on any atom is -0.434 e. The molecule has 0 atom stereocenters. The number of oxazole rings is 1. The van der Waals surface area contributed by atoms with Crippen molar-refractivity contribution in [3.63, 3.8) is 0 Å². The van der Waals surface area contributed by atoms with Gasteiger partial charge >= 0.3 is 0 Å². The summed E-state index contributed by atoms with van der Waals surface area (Å²) in [5.74, 6) is 0.583. The molecule has 0 spiro atoms. The number of fused-ring (bicyclic) bond motifs is 6. The highest BCUT2D eigenvalue weighted by Gasteiger charge is 2.26. The number of aromatic nitrogens is 2. The van der Waals surface area contributed by atoms with E-state index in [2.05, 4.69) is 210 Å². The number of rotatable bonds is 7. The van der Waals surface area contributed by atoms with E-state index >= 15 is 0 Å². The van der Waals surface area contributed by atoms with E-state index in [1.165, 1.54) is 16.3 Å². The average Bonchev–Trinajstić information content (AvgIpc) is 3.89. The summed E-state index contributed by atoms with van der Waals surface area (Å²) in [6.07, 6.45) is 0. The standard InChI is InChI=1S/C53H35N3O/c1-4-16-36(17-5-1)38-30-32-39(33-31-38)53-54-46-27-15-29-48(52(46)57-53)55(43-24-14-21-40(34-43)37-18-6-2-7-19-37)49-35-41-20-10-11-25-44(41)51-50(49)45-26-12-13-28-47(45)56(51)42-22-8-3-9-23-42/h1-35H. The molecular formula is C53H35N3O. The van der Waals surface area contributed by atoms with Crippen LogP contribution in [-0.4, -0.2) is 9.55 Å². The Morgan fingerprint density at radius 1 is 0.439 bits per heavy atom. The molecule has 0 saturated carbocycles. The second kappa shape index (κ2) is 13.6. The number of anilines is 3. The molecule has 0 N–H and O–H groups in total. The Morgan fingerprint density at radius 3 is 1.81 bits per heavy atom. The Balaban J connectivity index is 1.19. The summed E-state index contributed by atoms with van der Waals surface area (Å²) >= 11 is 0. The number of hydrogen-bond donors (Lipinski definition) is 0. The largest absolute Gasteiger partial charge is 0.434 e. The van der Waals surface area contributed by atoms with Crippen LogP contribution < -0.4 is 4.90 Å². The summed E-state index contributed by atoms with van der Waals surface area (Å²) in [7, 11) is 0. The van der Waals surface area contributed by atoms with E-state index in [-0.39, 0.29) is 0 Å². The van der Waals surface area contributed by atoms with E-state index in [0.717, 1.165) is 77.9 Å². The first-order valence-electron chi connectivity index (χ1n) is 19.3. The minimum atomic E-state index is 0.583. The molecule has 0 unspecified atom stereocenters. The summed E-state index contributed by atoms with van der Waals surface area (Å²) in [6, 6.07) is 75.1. The average molecular weight is 730 g/mol. The first-order chi connectivity index (χ1) is 28.3. The van der Waals surface area contributed by atoms with Gasteiger partial charge in [-0.2, -0.15) is 0 Å². The molecule has 0 aliphatic carbocycles. The lowest BCUT2D eigenvalue weighted by atomic mass is 10.0. The topological polar surface area (TPSA) is 34.2 Å². The van der Waals surface area contributed by atoms with Crippen LogP contribution in [0, 0.1) is 0 Å². The van der Waals surface area contributed by atoms with E-state index in [1.807, 2.05) is 12.1 Å². The highest BCUT2D eigenvalue weighted by atomic mass is 16.3.